The fourth-order valence-electron chi connectivity index (χ4n) is 2.69. The second kappa shape index (κ2) is 7.00. The molecule has 1 atom stereocenters. The van der Waals surface area contributed by atoms with Crippen LogP contribution in [0.2, 0.25) is 0 Å². The Morgan fingerprint density at radius 3 is 2.76 bits per heavy atom. The molecule has 0 unspecified atom stereocenters. The molecule has 0 bridgehead atoms. The predicted octanol–water partition coefficient (Wildman–Crippen LogP) is 0.940. The molecular weight excluding hydrogens is 324 g/mol. The van der Waals surface area contributed by atoms with Crippen LogP contribution in [0.1, 0.15) is 30.1 Å². The first kappa shape index (κ1) is 17.1. The molecule has 1 aromatic carbocycles. The van der Waals surface area contributed by atoms with E-state index in [-0.39, 0.29) is 17.9 Å². The SMILES string of the molecule is COc1ccc(C(=O)NC2CC2)cc1NC(=O)N1CCNC(=O)[C@@H]1C. The minimum atomic E-state index is -0.555. The van der Waals surface area contributed by atoms with Crippen molar-refractivity contribution in [3.05, 3.63) is 23.8 Å². The molecule has 134 valence electrons. The first-order valence-corrected chi connectivity index (χ1v) is 8.34. The summed E-state index contributed by atoms with van der Waals surface area (Å²) < 4.78 is 5.27. The maximum Gasteiger partial charge on any atom is 0.322 e. The van der Waals surface area contributed by atoms with E-state index in [1.165, 1.54) is 12.0 Å². The average molecular weight is 346 g/mol. The third kappa shape index (κ3) is 3.84. The van der Waals surface area contributed by atoms with E-state index in [0.717, 1.165) is 12.8 Å². The fourth-order valence-corrected chi connectivity index (χ4v) is 2.69. The van der Waals surface area contributed by atoms with Crippen molar-refractivity contribution in [1.82, 2.24) is 15.5 Å². The number of ether oxygens (including phenoxy) is 1. The summed E-state index contributed by atoms with van der Waals surface area (Å²) in [6.07, 6.45) is 2.00. The van der Waals surface area contributed by atoms with E-state index >= 15 is 0 Å². The van der Waals surface area contributed by atoms with Crippen molar-refractivity contribution in [3.63, 3.8) is 0 Å². The monoisotopic (exact) mass is 346 g/mol. The molecule has 0 spiro atoms. The molecule has 0 radical (unpaired) electrons. The fraction of sp³-hybridized carbons (Fsp3) is 0.471. The molecule has 3 rings (SSSR count). The first-order valence-electron chi connectivity index (χ1n) is 8.34. The number of urea groups is 1. The molecule has 4 amide bonds. The van der Waals surface area contributed by atoms with E-state index in [1.807, 2.05) is 0 Å². The van der Waals surface area contributed by atoms with Crippen LogP contribution in [-0.4, -0.2) is 55.0 Å². The van der Waals surface area contributed by atoms with Gasteiger partial charge in [-0.2, -0.15) is 0 Å². The van der Waals surface area contributed by atoms with E-state index in [2.05, 4.69) is 16.0 Å². The number of carbonyl (C=O) groups is 3. The Hall–Kier alpha value is -2.77. The quantitative estimate of drug-likeness (QED) is 0.755. The van der Waals surface area contributed by atoms with Crippen molar-refractivity contribution in [1.29, 1.82) is 0 Å². The lowest BCUT2D eigenvalue weighted by Gasteiger charge is -2.32. The summed E-state index contributed by atoms with van der Waals surface area (Å²) in [5, 5.41) is 8.37. The zero-order chi connectivity index (χ0) is 18.0. The summed E-state index contributed by atoms with van der Waals surface area (Å²) in [5.74, 6) is 0.0859. The third-order valence-electron chi connectivity index (χ3n) is 4.38. The van der Waals surface area contributed by atoms with Crippen molar-refractivity contribution in [2.75, 3.05) is 25.5 Å². The molecule has 1 heterocycles. The molecular formula is C17H22N4O4. The highest BCUT2D eigenvalue weighted by Gasteiger charge is 2.30. The lowest BCUT2D eigenvalue weighted by molar-refractivity contribution is -0.126. The highest BCUT2D eigenvalue weighted by atomic mass is 16.5. The van der Waals surface area contributed by atoms with Crippen molar-refractivity contribution in [2.24, 2.45) is 0 Å². The number of anilines is 1. The normalized spacial score (nSPS) is 19.8. The van der Waals surface area contributed by atoms with Gasteiger partial charge in [0.25, 0.3) is 5.91 Å². The van der Waals surface area contributed by atoms with Gasteiger partial charge < -0.3 is 25.6 Å². The van der Waals surface area contributed by atoms with Crippen LogP contribution in [0.4, 0.5) is 10.5 Å². The van der Waals surface area contributed by atoms with Crippen LogP contribution >= 0.6 is 0 Å². The number of hydrogen-bond acceptors (Lipinski definition) is 4. The van der Waals surface area contributed by atoms with Gasteiger partial charge in [-0.25, -0.2) is 4.79 Å². The number of carbonyl (C=O) groups excluding carboxylic acids is 3. The Balaban J connectivity index is 1.76. The van der Waals surface area contributed by atoms with Gasteiger partial charge in [0.15, 0.2) is 0 Å². The topological polar surface area (TPSA) is 99.8 Å². The van der Waals surface area contributed by atoms with E-state index in [9.17, 15) is 14.4 Å². The molecule has 1 aliphatic carbocycles. The van der Waals surface area contributed by atoms with Crippen LogP contribution in [0.3, 0.4) is 0 Å². The van der Waals surface area contributed by atoms with Crippen molar-refractivity contribution in [3.8, 4) is 5.75 Å². The van der Waals surface area contributed by atoms with E-state index in [0.29, 0.717) is 30.1 Å². The maximum atomic E-state index is 12.5. The number of piperazine rings is 1. The summed E-state index contributed by atoms with van der Waals surface area (Å²) >= 11 is 0. The Morgan fingerprint density at radius 2 is 2.08 bits per heavy atom. The maximum absolute atomic E-state index is 12.5. The van der Waals surface area contributed by atoms with E-state index in [4.69, 9.17) is 4.74 Å². The second-order valence-electron chi connectivity index (χ2n) is 6.25. The van der Waals surface area contributed by atoms with Gasteiger partial charge >= 0.3 is 6.03 Å². The van der Waals surface area contributed by atoms with Gasteiger partial charge in [0.1, 0.15) is 11.8 Å². The second-order valence-corrected chi connectivity index (χ2v) is 6.25. The molecule has 2 fully saturated rings. The summed E-state index contributed by atoms with van der Waals surface area (Å²) in [6.45, 7) is 2.51. The average Bonchev–Trinajstić information content (AvgIpc) is 3.41. The molecule has 8 nitrogen and oxygen atoms in total. The van der Waals surface area contributed by atoms with Crippen LogP contribution in [0, 0.1) is 0 Å². The first-order chi connectivity index (χ1) is 12.0. The van der Waals surface area contributed by atoms with Crippen LogP contribution in [0.5, 0.6) is 5.75 Å². The van der Waals surface area contributed by atoms with Crippen LogP contribution in [-0.2, 0) is 4.79 Å². The number of nitrogens with one attached hydrogen (secondary N) is 3. The number of amides is 4. The summed E-state index contributed by atoms with van der Waals surface area (Å²) in [4.78, 5) is 37.9. The van der Waals surface area contributed by atoms with Gasteiger partial charge in [-0.05, 0) is 38.0 Å². The van der Waals surface area contributed by atoms with Crippen molar-refractivity contribution < 1.29 is 19.1 Å². The molecule has 1 aliphatic heterocycles. The van der Waals surface area contributed by atoms with Gasteiger partial charge in [-0.3, -0.25) is 9.59 Å². The highest BCUT2D eigenvalue weighted by Crippen LogP contribution is 2.27. The van der Waals surface area contributed by atoms with Crippen molar-refractivity contribution >= 4 is 23.5 Å². The molecule has 2 aliphatic rings. The van der Waals surface area contributed by atoms with E-state index in [1.54, 1.807) is 25.1 Å². The predicted molar refractivity (Wildman–Crippen MR) is 91.7 cm³/mol. The molecule has 3 N–H and O–H groups in total. The van der Waals surface area contributed by atoms with Gasteiger partial charge in [-0.15, -0.1) is 0 Å². The molecule has 1 saturated heterocycles. The van der Waals surface area contributed by atoms with Gasteiger partial charge in [-0.1, -0.05) is 0 Å². The van der Waals surface area contributed by atoms with Crippen molar-refractivity contribution in [2.45, 2.75) is 31.8 Å². The molecule has 0 aromatic heterocycles. The Kier molecular flexibility index (Phi) is 4.78. The summed E-state index contributed by atoms with van der Waals surface area (Å²) in [7, 11) is 1.49. The largest absolute Gasteiger partial charge is 0.495 e. The molecule has 8 heteroatoms. The van der Waals surface area contributed by atoms with Gasteiger partial charge in [0.05, 0.1) is 12.8 Å². The Morgan fingerprint density at radius 1 is 1.32 bits per heavy atom. The summed E-state index contributed by atoms with van der Waals surface area (Å²) in [6, 6.07) is 4.18. The third-order valence-corrected chi connectivity index (χ3v) is 4.38. The standard InChI is InChI=1S/C17H22N4O4/c1-10-15(22)18-7-8-21(10)17(24)20-13-9-11(3-6-14(13)25-2)16(23)19-12-4-5-12/h3,6,9-10,12H,4-5,7-8H2,1-2H3,(H,18,22)(H,19,23)(H,20,24)/t10-/m0/s1. The van der Waals surface area contributed by atoms with Crippen LogP contribution in [0.25, 0.3) is 0 Å². The van der Waals surface area contributed by atoms with E-state index < -0.39 is 12.1 Å². The molecule has 1 saturated carbocycles. The van der Waals surface area contributed by atoms with Crippen LogP contribution in [0.15, 0.2) is 18.2 Å². The van der Waals surface area contributed by atoms with Gasteiger partial charge in [0, 0.05) is 24.7 Å². The lowest BCUT2D eigenvalue weighted by Crippen LogP contribution is -2.56. The Labute approximate surface area is 145 Å². The zero-order valence-corrected chi connectivity index (χ0v) is 14.3. The lowest BCUT2D eigenvalue weighted by atomic mass is 10.1. The Bertz CT molecular complexity index is 702. The molecule has 1 aromatic rings. The number of nitrogens with zero attached hydrogens (tertiary/aromatic N) is 1. The zero-order valence-electron chi connectivity index (χ0n) is 14.3. The smallest absolute Gasteiger partial charge is 0.322 e. The number of rotatable bonds is 4. The number of benzene rings is 1. The number of methoxy groups -OCH3 is 1. The summed E-state index contributed by atoms with van der Waals surface area (Å²) in [5.41, 5.74) is 0.849. The minimum Gasteiger partial charge on any atom is -0.495 e. The number of hydrogen-bond donors (Lipinski definition) is 3. The minimum absolute atomic E-state index is 0.175. The molecule has 25 heavy (non-hydrogen) atoms. The highest BCUT2D eigenvalue weighted by molar-refractivity contribution is 5.99. The van der Waals surface area contributed by atoms with Crippen LogP contribution < -0.4 is 20.7 Å². The van der Waals surface area contributed by atoms with Gasteiger partial charge in [0.2, 0.25) is 5.91 Å².